The van der Waals surface area contributed by atoms with Crippen molar-refractivity contribution in [2.45, 2.75) is 23.8 Å². The first kappa shape index (κ1) is 12.6. The summed E-state index contributed by atoms with van der Waals surface area (Å²) in [7, 11) is 0. The van der Waals surface area contributed by atoms with Crippen molar-refractivity contribution in [1.29, 1.82) is 0 Å². The molecule has 0 radical (unpaired) electrons. The lowest BCUT2D eigenvalue weighted by atomic mass is 10.3. The lowest BCUT2D eigenvalue weighted by Crippen LogP contribution is -2.19. The third-order valence-corrected chi connectivity index (χ3v) is 3.74. The zero-order valence-electron chi connectivity index (χ0n) is 9.51. The maximum absolute atomic E-state index is 13.3. The van der Waals surface area contributed by atoms with Crippen molar-refractivity contribution in [3.8, 4) is 0 Å². The summed E-state index contributed by atoms with van der Waals surface area (Å²) >= 11 is 1.35. The summed E-state index contributed by atoms with van der Waals surface area (Å²) in [5, 5.41) is 3.35. The van der Waals surface area contributed by atoms with Crippen LogP contribution in [0, 0.1) is 11.6 Å². The zero-order valence-corrected chi connectivity index (χ0v) is 10.3. The monoisotopic (exact) mass is 255 g/mol. The van der Waals surface area contributed by atoms with Gasteiger partial charge in [-0.15, -0.1) is 11.8 Å². The number of hydrogen-bond acceptors (Lipinski definition) is 2. The average molecular weight is 255 g/mol. The topological polar surface area (TPSA) is 12.0 Å². The summed E-state index contributed by atoms with van der Waals surface area (Å²) in [5.41, 5.74) is 1.03. The second-order valence-corrected chi connectivity index (χ2v) is 5.29. The van der Waals surface area contributed by atoms with E-state index < -0.39 is 11.6 Å². The molecule has 1 nitrogen and oxygen atoms in total. The highest BCUT2D eigenvalue weighted by Gasteiger charge is 2.20. The second-order valence-electron chi connectivity index (χ2n) is 4.27. The third-order valence-electron chi connectivity index (χ3n) is 2.54. The molecule has 0 saturated heterocycles. The van der Waals surface area contributed by atoms with Gasteiger partial charge in [0.1, 0.15) is 11.6 Å². The van der Waals surface area contributed by atoms with Crippen LogP contribution in [0.2, 0.25) is 0 Å². The van der Waals surface area contributed by atoms with Crippen molar-refractivity contribution < 1.29 is 8.78 Å². The minimum atomic E-state index is -0.541. The van der Waals surface area contributed by atoms with E-state index >= 15 is 0 Å². The van der Waals surface area contributed by atoms with E-state index in [9.17, 15) is 8.78 Å². The van der Waals surface area contributed by atoms with Gasteiger partial charge in [0.05, 0.1) is 0 Å². The van der Waals surface area contributed by atoms with E-state index in [1.807, 2.05) is 0 Å². The van der Waals surface area contributed by atoms with Crippen molar-refractivity contribution >= 4 is 11.8 Å². The Bertz CT molecular complexity index is 416. The maximum Gasteiger partial charge on any atom is 0.139 e. The molecule has 0 amide bonds. The number of hydrogen-bond donors (Lipinski definition) is 1. The molecule has 1 aliphatic rings. The Morgan fingerprint density at radius 3 is 2.82 bits per heavy atom. The van der Waals surface area contributed by atoms with Crippen LogP contribution in [0.5, 0.6) is 0 Å². The Hall–Kier alpha value is -0.870. The van der Waals surface area contributed by atoms with Crippen LogP contribution in [0.15, 0.2) is 35.2 Å². The Labute approximate surface area is 104 Å². The van der Waals surface area contributed by atoms with Gasteiger partial charge in [-0.05, 0) is 25.0 Å². The molecule has 1 aromatic carbocycles. The lowest BCUT2D eigenvalue weighted by Gasteiger charge is -2.07. The number of thioether (sulfide) groups is 1. The quantitative estimate of drug-likeness (QED) is 0.618. The first-order valence-electron chi connectivity index (χ1n) is 5.63. The van der Waals surface area contributed by atoms with Crippen molar-refractivity contribution in [3.63, 3.8) is 0 Å². The normalized spacial score (nSPS) is 14.9. The van der Waals surface area contributed by atoms with Gasteiger partial charge in [-0.25, -0.2) is 8.78 Å². The largest absolute Gasteiger partial charge is 0.310 e. The van der Waals surface area contributed by atoms with Gasteiger partial charge in [0.25, 0.3) is 0 Å². The van der Waals surface area contributed by atoms with Crippen LogP contribution in [0.1, 0.15) is 12.8 Å². The Balaban J connectivity index is 1.77. The average Bonchev–Trinajstić information content (AvgIpc) is 3.09. The van der Waals surface area contributed by atoms with Crippen LogP contribution >= 0.6 is 11.8 Å². The Morgan fingerprint density at radius 2 is 2.18 bits per heavy atom. The van der Waals surface area contributed by atoms with Crippen molar-refractivity contribution in [3.05, 3.63) is 42.0 Å². The fraction of sp³-hybridized carbons (Fsp3) is 0.385. The van der Waals surface area contributed by atoms with Crippen LogP contribution in [0.3, 0.4) is 0 Å². The van der Waals surface area contributed by atoms with E-state index in [0.29, 0.717) is 16.7 Å². The van der Waals surface area contributed by atoms with E-state index in [-0.39, 0.29) is 0 Å². The SMILES string of the molecule is C=C(CNC1CC1)CSc1ccc(F)cc1F. The Morgan fingerprint density at radius 1 is 1.41 bits per heavy atom. The molecule has 0 aliphatic heterocycles. The minimum absolute atomic E-state index is 0.471. The van der Waals surface area contributed by atoms with Gasteiger partial charge in [0.2, 0.25) is 0 Å². The molecule has 0 bridgehead atoms. The first-order valence-corrected chi connectivity index (χ1v) is 6.61. The van der Waals surface area contributed by atoms with E-state index in [4.69, 9.17) is 0 Å². The summed E-state index contributed by atoms with van der Waals surface area (Å²) in [4.78, 5) is 0.471. The van der Waals surface area contributed by atoms with Gasteiger partial charge in [0.15, 0.2) is 0 Å². The molecule has 4 heteroatoms. The molecule has 1 aromatic rings. The number of rotatable bonds is 6. The lowest BCUT2D eigenvalue weighted by molar-refractivity contribution is 0.566. The molecule has 0 atom stereocenters. The smallest absolute Gasteiger partial charge is 0.139 e. The highest BCUT2D eigenvalue weighted by Crippen LogP contribution is 2.24. The van der Waals surface area contributed by atoms with Gasteiger partial charge in [0, 0.05) is 29.3 Å². The maximum atomic E-state index is 13.3. The predicted molar refractivity (Wildman–Crippen MR) is 67.2 cm³/mol. The van der Waals surface area contributed by atoms with Gasteiger partial charge >= 0.3 is 0 Å². The molecule has 0 spiro atoms. The number of benzene rings is 1. The van der Waals surface area contributed by atoms with Crippen LogP contribution < -0.4 is 5.32 Å². The zero-order chi connectivity index (χ0) is 12.3. The summed E-state index contributed by atoms with van der Waals surface area (Å²) in [6, 6.07) is 4.31. The van der Waals surface area contributed by atoms with Crippen molar-refractivity contribution in [2.24, 2.45) is 0 Å². The predicted octanol–water partition coefficient (Wildman–Crippen LogP) is 3.37. The van der Waals surface area contributed by atoms with Crippen LogP contribution in [-0.4, -0.2) is 18.3 Å². The number of nitrogens with one attached hydrogen (secondary N) is 1. The summed E-state index contributed by atoms with van der Waals surface area (Å²) in [6.45, 7) is 4.72. The van der Waals surface area contributed by atoms with Gasteiger partial charge in [-0.3, -0.25) is 0 Å². The molecule has 92 valence electrons. The van der Waals surface area contributed by atoms with Crippen LogP contribution in [0.25, 0.3) is 0 Å². The van der Waals surface area contributed by atoms with E-state index in [2.05, 4.69) is 11.9 Å². The molecule has 1 N–H and O–H groups in total. The fourth-order valence-electron chi connectivity index (χ4n) is 1.40. The van der Waals surface area contributed by atoms with E-state index in [0.717, 1.165) is 18.2 Å². The van der Waals surface area contributed by atoms with Crippen molar-refractivity contribution in [1.82, 2.24) is 5.32 Å². The summed E-state index contributed by atoms with van der Waals surface area (Å²) < 4.78 is 26.0. The molecular weight excluding hydrogens is 240 g/mol. The van der Waals surface area contributed by atoms with Crippen LogP contribution in [-0.2, 0) is 0 Å². The molecule has 0 aromatic heterocycles. The number of halogens is 2. The van der Waals surface area contributed by atoms with E-state index in [1.165, 1.54) is 36.7 Å². The molecule has 1 fully saturated rings. The molecule has 2 rings (SSSR count). The second kappa shape index (κ2) is 5.65. The van der Waals surface area contributed by atoms with Gasteiger partial charge in [-0.2, -0.15) is 0 Å². The molecule has 1 saturated carbocycles. The highest BCUT2D eigenvalue weighted by molar-refractivity contribution is 7.99. The third kappa shape index (κ3) is 4.13. The van der Waals surface area contributed by atoms with E-state index in [1.54, 1.807) is 0 Å². The molecule has 0 unspecified atom stereocenters. The van der Waals surface area contributed by atoms with Gasteiger partial charge in [-0.1, -0.05) is 12.2 Å². The standard InChI is InChI=1S/C13H15F2NS/c1-9(7-16-11-3-4-11)8-17-13-5-2-10(14)6-12(13)15/h2,5-6,11,16H,1,3-4,7-8H2. The molecule has 1 aliphatic carbocycles. The fourth-order valence-corrected chi connectivity index (χ4v) is 2.22. The first-order chi connectivity index (χ1) is 8.15. The minimum Gasteiger partial charge on any atom is -0.310 e. The summed E-state index contributed by atoms with van der Waals surface area (Å²) in [5.74, 6) is -0.388. The van der Waals surface area contributed by atoms with Crippen molar-refractivity contribution in [2.75, 3.05) is 12.3 Å². The van der Waals surface area contributed by atoms with Crippen LogP contribution in [0.4, 0.5) is 8.78 Å². The molecule has 17 heavy (non-hydrogen) atoms. The molecular formula is C13H15F2NS. The molecule has 0 heterocycles. The van der Waals surface area contributed by atoms with Gasteiger partial charge < -0.3 is 5.32 Å². The highest BCUT2D eigenvalue weighted by atomic mass is 32.2. The summed E-state index contributed by atoms with van der Waals surface area (Å²) in [6.07, 6.45) is 2.49. The Kier molecular flexibility index (Phi) is 4.18.